The lowest BCUT2D eigenvalue weighted by molar-refractivity contribution is 0.261. The van der Waals surface area contributed by atoms with Gasteiger partial charge in [-0.25, -0.2) is 0 Å². The number of halogens is 2. The smallest absolute Gasteiger partial charge is 0.000824 e. The molecule has 0 aromatic heterocycles. The second kappa shape index (κ2) is 17.5. The first kappa shape index (κ1) is 28.0. The highest BCUT2D eigenvalue weighted by atomic mass is 35.5. The minimum Gasteiger partial charge on any atom is -0.316 e. The van der Waals surface area contributed by atoms with Crippen molar-refractivity contribution in [1.29, 1.82) is 0 Å². The maximum Gasteiger partial charge on any atom is -0.000824 e. The van der Waals surface area contributed by atoms with Gasteiger partial charge < -0.3 is 10.6 Å². The number of hydrogen-bond donors (Lipinski definition) is 2. The molecule has 1 aliphatic rings. The summed E-state index contributed by atoms with van der Waals surface area (Å²) >= 11 is 0. The van der Waals surface area contributed by atoms with E-state index in [1.807, 2.05) is 0 Å². The van der Waals surface area contributed by atoms with Crippen molar-refractivity contribution < 1.29 is 0 Å². The molecule has 0 amide bonds. The number of unbranched alkanes of at least 4 members (excludes halogenated alkanes) is 2. The third-order valence-corrected chi connectivity index (χ3v) is 6.43. The lowest BCUT2D eigenvalue weighted by Gasteiger charge is -2.29. The molecule has 1 saturated carbocycles. The van der Waals surface area contributed by atoms with E-state index in [1.54, 1.807) is 0 Å². The van der Waals surface area contributed by atoms with Crippen molar-refractivity contribution in [2.45, 2.75) is 57.8 Å². The zero-order valence-electron chi connectivity index (χ0n) is 18.9. The van der Waals surface area contributed by atoms with Gasteiger partial charge in [-0.1, -0.05) is 67.1 Å². The molecule has 0 spiro atoms. The first-order valence-corrected chi connectivity index (χ1v) is 11.9. The first-order chi connectivity index (χ1) is 14.4. The van der Waals surface area contributed by atoms with Crippen LogP contribution >= 0.6 is 24.8 Å². The Hall–Kier alpha value is -1.06. The fourth-order valence-electron chi connectivity index (χ4n) is 4.53. The molecular formula is C27H42Cl2N2. The summed E-state index contributed by atoms with van der Waals surface area (Å²) in [5, 5.41) is 7.41. The molecule has 0 heterocycles. The number of aryl methyl sites for hydroxylation is 1. The summed E-state index contributed by atoms with van der Waals surface area (Å²) in [6.07, 6.45) is 12.0. The Kier molecular flexibility index (Phi) is 15.8. The molecule has 3 rings (SSSR count). The lowest BCUT2D eigenvalue weighted by atomic mass is 9.82. The highest BCUT2D eigenvalue weighted by Crippen LogP contribution is 2.27. The van der Waals surface area contributed by atoms with Crippen LogP contribution < -0.4 is 10.6 Å². The minimum atomic E-state index is 0. The Morgan fingerprint density at radius 3 is 1.58 bits per heavy atom. The molecule has 0 atom stereocenters. The van der Waals surface area contributed by atoms with Crippen LogP contribution in [-0.2, 0) is 12.8 Å². The quantitative estimate of drug-likeness (QED) is 0.331. The van der Waals surface area contributed by atoms with Crippen LogP contribution in [0, 0.1) is 11.8 Å². The molecular weight excluding hydrogens is 423 g/mol. The molecule has 0 saturated heterocycles. The zero-order chi connectivity index (χ0) is 20.0. The standard InChI is InChI=1S/C27H40N2.2ClH/c1-4-10-24(11-5-1)12-8-3-9-20-28-22-26-15-17-27(18-16-26)23-29-21-19-25-13-6-2-7-14-25;;/h1-2,4-7,10-11,13-14,26-29H,3,8-9,12,15-23H2;2*1H. The van der Waals surface area contributed by atoms with E-state index >= 15 is 0 Å². The fraction of sp³-hybridized carbons (Fsp3) is 0.556. The third kappa shape index (κ3) is 11.9. The van der Waals surface area contributed by atoms with Crippen LogP contribution in [0.3, 0.4) is 0 Å². The van der Waals surface area contributed by atoms with Gasteiger partial charge in [0.05, 0.1) is 0 Å². The van der Waals surface area contributed by atoms with Crippen LogP contribution in [0.1, 0.15) is 56.1 Å². The van der Waals surface area contributed by atoms with Crippen molar-refractivity contribution in [3.05, 3.63) is 71.8 Å². The molecule has 31 heavy (non-hydrogen) atoms. The van der Waals surface area contributed by atoms with Gasteiger partial charge >= 0.3 is 0 Å². The molecule has 4 heteroatoms. The monoisotopic (exact) mass is 464 g/mol. The Balaban J connectivity index is 0.00000240. The molecule has 0 radical (unpaired) electrons. The molecule has 2 aromatic rings. The summed E-state index contributed by atoms with van der Waals surface area (Å²) in [5.41, 5.74) is 2.92. The topological polar surface area (TPSA) is 24.1 Å². The number of hydrogen-bond acceptors (Lipinski definition) is 2. The van der Waals surface area contributed by atoms with Crippen LogP contribution in [0.15, 0.2) is 60.7 Å². The highest BCUT2D eigenvalue weighted by Gasteiger charge is 2.20. The van der Waals surface area contributed by atoms with Crippen LogP contribution in [-0.4, -0.2) is 26.2 Å². The molecule has 2 N–H and O–H groups in total. The van der Waals surface area contributed by atoms with Gasteiger partial charge in [0.15, 0.2) is 0 Å². The second-order valence-electron chi connectivity index (χ2n) is 8.83. The Bertz CT molecular complexity index is 640. The van der Waals surface area contributed by atoms with E-state index in [2.05, 4.69) is 71.3 Å². The molecule has 0 unspecified atom stereocenters. The van der Waals surface area contributed by atoms with E-state index in [0.29, 0.717) is 0 Å². The number of nitrogens with one attached hydrogen (secondary N) is 2. The van der Waals surface area contributed by atoms with Gasteiger partial charge in [-0.15, -0.1) is 24.8 Å². The van der Waals surface area contributed by atoms with E-state index in [1.165, 1.54) is 82.1 Å². The van der Waals surface area contributed by atoms with Crippen LogP contribution in [0.4, 0.5) is 0 Å². The lowest BCUT2D eigenvalue weighted by Crippen LogP contribution is -2.31. The SMILES string of the molecule is Cl.Cl.c1ccc(CCCCCNCC2CCC(CNCCc3ccccc3)CC2)cc1. The van der Waals surface area contributed by atoms with Crippen molar-refractivity contribution >= 4 is 24.8 Å². The minimum absolute atomic E-state index is 0. The summed E-state index contributed by atoms with van der Waals surface area (Å²) in [5.74, 6) is 1.79. The van der Waals surface area contributed by atoms with Gasteiger partial charge in [0.1, 0.15) is 0 Å². The molecule has 2 aromatic carbocycles. The van der Waals surface area contributed by atoms with E-state index in [-0.39, 0.29) is 24.8 Å². The summed E-state index contributed by atoms with van der Waals surface area (Å²) < 4.78 is 0. The molecule has 0 bridgehead atoms. The molecule has 1 fully saturated rings. The molecule has 2 nitrogen and oxygen atoms in total. The second-order valence-corrected chi connectivity index (χ2v) is 8.83. The largest absolute Gasteiger partial charge is 0.316 e. The van der Waals surface area contributed by atoms with Crippen molar-refractivity contribution in [3.8, 4) is 0 Å². The van der Waals surface area contributed by atoms with E-state index in [0.717, 1.165) is 24.8 Å². The summed E-state index contributed by atoms with van der Waals surface area (Å²) in [6.45, 7) is 4.73. The van der Waals surface area contributed by atoms with E-state index in [4.69, 9.17) is 0 Å². The van der Waals surface area contributed by atoms with Crippen molar-refractivity contribution in [2.24, 2.45) is 11.8 Å². The predicted octanol–water partition coefficient (Wildman–Crippen LogP) is 6.47. The summed E-state index contributed by atoms with van der Waals surface area (Å²) in [4.78, 5) is 0. The molecule has 1 aliphatic carbocycles. The van der Waals surface area contributed by atoms with Gasteiger partial charge in [-0.2, -0.15) is 0 Å². The van der Waals surface area contributed by atoms with Crippen molar-refractivity contribution in [3.63, 3.8) is 0 Å². The highest BCUT2D eigenvalue weighted by molar-refractivity contribution is 5.85. The maximum absolute atomic E-state index is 3.72. The van der Waals surface area contributed by atoms with E-state index in [9.17, 15) is 0 Å². The first-order valence-electron chi connectivity index (χ1n) is 11.9. The Labute approximate surface area is 202 Å². The molecule has 174 valence electrons. The summed E-state index contributed by atoms with van der Waals surface area (Å²) in [7, 11) is 0. The number of benzene rings is 2. The van der Waals surface area contributed by atoms with E-state index < -0.39 is 0 Å². The number of rotatable bonds is 13. The normalized spacial score (nSPS) is 18.1. The zero-order valence-corrected chi connectivity index (χ0v) is 20.6. The average molecular weight is 466 g/mol. The van der Waals surface area contributed by atoms with Gasteiger partial charge in [0.2, 0.25) is 0 Å². The van der Waals surface area contributed by atoms with Gasteiger partial charge in [0, 0.05) is 0 Å². The van der Waals surface area contributed by atoms with Crippen LogP contribution in [0.5, 0.6) is 0 Å². The molecule has 0 aliphatic heterocycles. The maximum atomic E-state index is 3.72. The fourth-order valence-corrected chi connectivity index (χ4v) is 4.53. The van der Waals surface area contributed by atoms with Crippen molar-refractivity contribution in [2.75, 3.05) is 26.2 Å². The van der Waals surface area contributed by atoms with Gasteiger partial charge in [0.25, 0.3) is 0 Å². The Morgan fingerprint density at radius 1 is 0.548 bits per heavy atom. The van der Waals surface area contributed by atoms with Crippen LogP contribution in [0.2, 0.25) is 0 Å². The van der Waals surface area contributed by atoms with Crippen molar-refractivity contribution in [1.82, 2.24) is 10.6 Å². The Morgan fingerprint density at radius 2 is 1.03 bits per heavy atom. The van der Waals surface area contributed by atoms with Crippen LogP contribution in [0.25, 0.3) is 0 Å². The average Bonchev–Trinajstić information content (AvgIpc) is 2.78. The predicted molar refractivity (Wildman–Crippen MR) is 140 cm³/mol. The third-order valence-electron chi connectivity index (χ3n) is 6.43. The summed E-state index contributed by atoms with van der Waals surface area (Å²) in [6, 6.07) is 21.7. The van der Waals surface area contributed by atoms with Gasteiger partial charge in [-0.3, -0.25) is 0 Å². The van der Waals surface area contributed by atoms with Gasteiger partial charge in [-0.05, 0) is 101 Å².